The number of aromatic nitrogens is 5. The standard InChI is InChI=1S/C11H13N7O4S/c1-2-22-11(20)12-10-18-8(14-16-23-10)7(13-15-18)9(19)17-3-5-21-6-4-17/h2-6H2,1H3/b12-10-. The van der Waals surface area contributed by atoms with Gasteiger partial charge in [0.25, 0.3) is 5.91 Å². The Kier molecular flexibility index (Phi) is 4.52. The van der Waals surface area contributed by atoms with Gasteiger partial charge in [-0.1, -0.05) is 9.70 Å². The second-order valence-electron chi connectivity index (χ2n) is 4.44. The Balaban J connectivity index is 1.98. The minimum absolute atomic E-state index is 0.0625. The van der Waals surface area contributed by atoms with Gasteiger partial charge in [-0.25, -0.2) is 4.79 Å². The lowest BCUT2D eigenvalue weighted by atomic mass is 10.3. The van der Waals surface area contributed by atoms with Gasteiger partial charge in [-0.05, 0) is 6.92 Å². The van der Waals surface area contributed by atoms with Crippen LogP contribution in [-0.2, 0) is 9.47 Å². The summed E-state index contributed by atoms with van der Waals surface area (Å²) in [6.45, 7) is 3.77. The van der Waals surface area contributed by atoms with Crippen molar-refractivity contribution in [1.82, 2.24) is 29.3 Å². The molecule has 0 spiro atoms. The fourth-order valence-corrected chi connectivity index (χ4v) is 2.49. The number of rotatable bonds is 2. The lowest BCUT2D eigenvalue weighted by molar-refractivity contribution is 0.0300. The molecule has 1 aliphatic rings. The molecular formula is C11H13N7O4S. The number of morpholine rings is 1. The number of fused-ring (bicyclic) bond motifs is 1. The number of carbonyl (C=O) groups excluding carboxylic acids is 2. The molecule has 11 nitrogen and oxygen atoms in total. The summed E-state index contributed by atoms with van der Waals surface area (Å²) in [5.74, 6) is -0.309. The first-order valence-corrected chi connectivity index (χ1v) is 7.64. The third kappa shape index (κ3) is 3.17. The fourth-order valence-electron chi connectivity index (χ4n) is 1.99. The number of ether oxygens (including phenoxy) is 2. The normalized spacial score (nSPS) is 15.9. The lowest BCUT2D eigenvalue weighted by Gasteiger charge is -2.25. The van der Waals surface area contributed by atoms with Crippen LogP contribution in [0.1, 0.15) is 17.4 Å². The maximum Gasteiger partial charge on any atom is 0.436 e. The Morgan fingerprint density at radius 1 is 1.35 bits per heavy atom. The summed E-state index contributed by atoms with van der Waals surface area (Å²) in [6.07, 6.45) is -0.769. The van der Waals surface area contributed by atoms with Crippen LogP contribution in [0.5, 0.6) is 0 Å². The predicted molar refractivity (Wildman–Crippen MR) is 75.8 cm³/mol. The lowest BCUT2D eigenvalue weighted by Crippen LogP contribution is -2.41. The highest BCUT2D eigenvalue weighted by atomic mass is 32.1. The maximum absolute atomic E-state index is 12.5. The molecule has 2 aromatic heterocycles. The Labute approximate surface area is 133 Å². The minimum atomic E-state index is -0.769. The van der Waals surface area contributed by atoms with Crippen molar-refractivity contribution in [3.8, 4) is 0 Å². The SMILES string of the molecule is CCOC(=O)/N=c1\snnc2c(C(=O)N3CCOCC3)nnn12. The molecular weight excluding hydrogens is 326 g/mol. The van der Waals surface area contributed by atoms with E-state index in [0.717, 1.165) is 11.5 Å². The van der Waals surface area contributed by atoms with Crippen LogP contribution in [0.3, 0.4) is 0 Å². The topological polar surface area (TPSA) is 124 Å². The molecule has 12 heteroatoms. The zero-order valence-corrected chi connectivity index (χ0v) is 13.0. The van der Waals surface area contributed by atoms with E-state index in [1.54, 1.807) is 11.8 Å². The molecule has 0 aromatic carbocycles. The van der Waals surface area contributed by atoms with Crippen molar-refractivity contribution in [3.63, 3.8) is 0 Å². The second-order valence-corrected chi connectivity index (χ2v) is 5.16. The van der Waals surface area contributed by atoms with Crippen LogP contribution in [0.4, 0.5) is 4.79 Å². The van der Waals surface area contributed by atoms with Gasteiger partial charge in [0.2, 0.25) is 10.4 Å². The van der Waals surface area contributed by atoms with Crippen LogP contribution in [-0.4, -0.2) is 74.2 Å². The van der Waals surface area contributed by atoms with E-state index in [0.29, 0.717) is 26.3 Å². The number of hydrogen-bond acceptors (Lipinski definition) is 9. The predicted octanol–water partition coefficient (Wildman–Crippen LogP) is -0.890. The van der Waals surface area contributed by atoms with Crippen LogP contribution in [0.25, 0.3) is 5.65 Å². The van der Waals surface area contributed by atoms with E-state index in [-0.39, 0.29) is 28.7 Å². The van der Waals surface area contributed by atoms with Gasteiger partial charge in [0.15, 0.2) is 5.69 Å². The van der Waals surface area contributed by atoms with Crippen molar-refractivity contribution in [2.24, 2.45) is 4.99 Å². The van der Waals surface area contributed by atoms with E-state index in [9.17, 15) is 9.59 Å². The highest BCUT2D eigenvalue weighted by Gasteiger charge is 2.25. The first-order valence-electron chi connectivity index (χ1n) is 6.87. The second kappa shape index (κ2) is 6.75. The zero-order valence-electron chi connectivity index (χ0n) is 12.2. The van der Waals surface area contributed by atoms with Crippen molar-refractivity contribution in [2.75, 3.05) is 32.9 Å². The molecule has 0 N–H and O–H groups in total. The molecule has 122 valence electrons. The third-order valence-corrected chi connectivity index (χ3v) is 3.63. The number of hydrogen-bond donors (Lipinski definition) is 0. The van der Waals surface area contributed by atoms with Gasteiger partial charge in [0, 0.05) is 24.6 Å². The summed E-state index contributed by atoms with van der Waals surface area (Å²) < 4.78 is 14.9. The summed E-state index contributed by atoms with van der Waals surface area (Å²) in [4.78, 5) is 29.4. The first kappa shape index (κ1) is 15.4. The molecule has 3 heterocycles. The van der Waals surface area contributed by atoms with Gasteiger partial charge in [-0.15, -0.1) is 15.2 Å². The number of amides is 2. The molecule has 0 bridgehead atoms. The molecule has 1 aliphatic heterocycles. The van der Waals surface area contributed by atoms with Crippen LogP contribution in [0.15, 0.2) is 4.99 Å². The molecule has 0 atom stereocenters. The summed E-state index contributed by atoms with van der Waals surface area (Å²) in [7, 11) is 0. The smallest absolute Gasteiger partial charge is 0.436 e. The minimum Gasteiger partial charge on any atom is -0.448 e. The van der Waals surface area contributed by atoms with E-state index in [4.69, 9.17) is 9.47 Å². The van der Waals surface area contributed by atoms with Crippen LogP contribution >= 0.6 is 11.5 Å². The van der Waals surface area contributed by atoms with Gasteiger partial charge >= 0.3 is 6.09 Å². The van der Waals surface area contributed by atoms with Crippen LogP contribution in [0.2, 0.25) is 0 Å². The molecule has 1 fully saturated rings. The van der Waals surface area contributed by atoms with E-state index in [1.807, 2.05) is 0 Å². The van der Waals surface area contributed by atoms with Crippen LogP contribution < -0.4 is 4.80 Å². The monoisotopic (exact) mass is 339 g/mol. The van der Waals surface area contributed by atoms with Gasteiger partial charge in [-0.2, -0.15) is 4.52 Å². The summed E-state index contributed by atoms with van der Waals surface area (Å²) in [6, 6.07) is 0. The average molecular weight is 339 g/mol. The summed E-state index contributed by atoms with van der Waals surface area (Å²) in [5.41, 5.74) is 0.204. The molecule has 0 unspecified atom stereocenters. The number of nitrogens with zero attached hydrogens (tertiary/aromatic N) is 7. The van der Waals surface area contributed by atoms with Crippen molar-refractivity contribution in [1.29, 1.82) is 0 Å². The third-order valence-electron chi connectivity index (χ3n) is 3.04. The van der Waals surface area contributed by atoms with E-state index < -0.39 is 6.09 Å². The van der Waals surface area contributed by atoms with Crippen molar-refractivity contribution < 1.29 is 19.1 Å². The fraction of sp³-hybridized carbons (Fsp3) is 0.545. The van der Waals surface area contributed by atoms with Gasteiger partial charge < -0.3 is 14.4 Å². The zero-order chi connectivity index (χ0) is 16.2. The van der Waals surface area contributed by atoms with Crippen molar-refractivity contribution in [3.05, 3.63) is 10.5 Å². The first-order chi connectivity index (χ1) is 11.2. The summed E-state index contributed by atoms with van der Waals surface area (Å²) in [5, 5.41) is 11.6. The molecule has 0 aliphatic carbocycles. The Morgan fingerprint density at radius 2 is 2.13 bits per heavy atom. The largest absolute Gasteiger partial charge is 0.448 e. The van der Waals surface area contributed by atoms with E-state index >= 15 is 0 Å². The Bertz CT molecular complexity index is 795. The van der Waals surface area contributed by atoms with Gasteiger partial charge in [-0.3, -0.25) is 4.79 Å². The quantitative estimate of drug-likeness (QED) is 0.690. The molecule has 3 rings (SSSR count). The molecule has 2 amide bonds. The molecule has 0 radical (unpaired) electrons. The molecule has 0 saturated carbocycles. The molecule has 1 saturated heterocycles. The highest BCUT2D eigenvalue weighted by Crippen LogP contribution is 2.08. The Morgan fingerprint density at radius 3 is 2.87 bits per heavy atom. The highest BCUT2D eigenvalue weighted by molar-refractivity contribution is 7.02. The van der Waals surface area contributed by atoms with E-state index in [2.05, 4.69) is 24.9 Å². The average Bonchev–Trinajstić information content (AvgIpc) is 3.00. The molecule has 2 aromatic rings. The maximum atomic E-state index is 12.5. The van der Waals surface area contributed by atoms with Gasteiger partial charge in [0.1, 0.15) is 0 Å². The van der Waals surface area contributed by atoms with E-state index in [1.165, 1.54) is 4.52 Å². The van der Waals surface area contributed by atoms with Crippen LogP contribution in [0, 0.1) is 0 Å². The molecule has 23 heavy (non-hydrogen) atoms. The number of carbonyl (C=O) groups is 2. The van der Waals surface area contributed by atoms with Gasteiger partial charge in [0.05, 0.1) is 19.8 Å². The van der Waals surface area contributed by atoms with Crippen molar-refractivity contribution >= 4 is 29.2 Å². The van der Waals surface area contributed by atoms with Crippen molar-refractivity contribution in [2.45, 2.75) is 6.92 Å². The summed E-state index contributed by atoms with van der Waals surface area (Å²) >= 11 is 0.844. The Hall–Kier alpha value is -2.47.